The van der Waals surface area contributed by atoms with Crippen LogP contribution in [-0.2, 0) is 10.0 Å². The van der Waals surface area contributed by atoms with E-state index in [1.165, 1.54) is 6.08 Å². The highest BCUT2D eigenvalue weighted by Crippen LogP contribution is 2.18. The molecule has 2 aromatic carbocycles. The van der Waals surface area contributed by atoms with Gasteiger partial charge in [0.2, 0.25) is 0 Å². The molecule has 0 atom stereocenters. The molecule has 3 rings (SSSR count). The molecule has 3 aromatic rings. The van der Waals surface area contributed by atoms with E-state index in [0.29, 0.717) is 11.3 Å². The van der Waals surface area contributed by atoms with E-state index in [2.05, 4.69) is 4.72 Å². The maximum absolute atomic E-state index is 12.4. The molecule has 0 spiro atoms. The summed E-state index contributed by atoms with van der Waals surface area (Å²) in [5.74, 6) is -0.133. The smallest absolute Gasteiger partial charge is 0.261 e. The molecule has 0 aliphatic carbocycles. The summed E-state index contributed by atoms with van der Waals surface area (Å²) < 4.78 is 27.3. The van der Waals surface area contributed by atoms with Gasteiger partial charge in [-0.2, -0.15) is 0 Å². The number of rotatable bonds is 6. The van der Waals surface area contributed by atoms with Crippen LogP contribution in [0.15, 0.2) is 77.0 Å². The maximum atomic E-state index is 12.4. The fraction of sp³-hybridized carbons (Fsp3) is 0.0500. The highest BCUT2D eigenvalue weighted by Gasteiger charge is 2.14. The largest absolute Gasteiger partial charge is 0.289 e. The molecule has 0 aliphatic heterocycles. The molecule has 0 fully saturated rings. The Morgan fingerprint density at radius 2 is 1.69 bits per heavy atom. The lowest BCUT2D eigenvalue weighted by Crippen LogP contribution is -2.13. The van der Waals surface area contributed by atoms with E-state index in [9.17, 15) is 13.2 Å². The molecule has 0 saturated heterocycles. The summed E-state index contributed by atoms with van der Waals surface area (Å²) in [4.78, 5) is 13.4. The fourth-order valence-corrected chi connectivity index (χ4v) is 3.95. The number of allylic oxidation sites excluding steroid dienone is 1. The van der Waals surface area contributed by atoms with Gasteiger partial charge in [0.15, 0.2) is 5.78 Å². The van der Waals surface area contributed by atoms with Crippen LogP contribution in [0.3, 0.4) is 0 Å². The first-order chi connectivity index (χ1) is 12.4. The third-order valence-electron chi connectivity index (χ3n) is 3.70. The third kappa shape index (κ3) is 4.47. The lowest BCUT2D eigenvalue weighted by Gasteiger charge is -2.08. The number of aryl methyl sites for hydroxylation is 1. The summed E-state index contributed by atoms with van der Waals surface area (Å²) in [6.45, 7) is 1.90. The Hall–Kier alpha value is -2.70. The highest BCUT2D eigenvalue weighted by atomic mass is 32.2. The van der Waals surface area contributed by atoms with Crippen molar-refractivity contribution < 1.29 is 13.2 Å². The molecule has 0 bridgehead atoms. The fourth-order valence-electron chi connectivity index (χ4n) is 2.27. The lowest BCUT2D eigenvalue weighted by molar-refractivity contribution is 0.104. The molecule has 1 N–H and O–H groups in total. The van der Waals surface area contributed by atoms with E-state index in [-0.39, 0.29) is 10.7 Å². The molecule has 0 radical (unpaired) electrons. The number of hydrogen-bond acceptors (Lipinski definition) is 4. The Bertz CT molecular complexity index is 1020. The number of carbonyl (C=O) groups is 1. The number of anilines is 1. The zero-order valence-electron chi connectivity index (χ0n) is 14.0. The minimum atomic E-state index is -3.65. The molecule has 4 nitrogen and oxygen atoms in total. The molecule has 6 heteroatoms. The lowest BCUT2D eigenvalue weighted by atomic mass is 10.1. The van der Waals surface area contributed by atoms with E-state index in [4.69, 9.17) is 0 Å². The zero-order chi connectivity index (χ0) is 18.6. The van der Waals surface area contributed by atoms with Crippen molar-refractivity contribution in [3.8, 4) is 0 Å². The number of benzene rings is 2. The van der Waals surface area contributed by atoms with Crippen molar-refractivity contribution in [2.75, 3.05) is 4.72 Å². The van der Waals surface area contributed by atoms with Crippen LogP contribution in [0.2, 0.25) is 0 Å². The van der Waals surface area contributed by atoms with Crippen molar-refractivity contribution in [2.24, 2.45) is 0 Å². The molecule has 26 heavy (non-hydrogen) atoms. The van der Waals surface area contributed by atoms with Crippen LogP contribution >= 0.6 is 11.3 Å². The first-order valence-electron chi connectivity index (χ1n) is 7.89. The van der Waals surface area contributed by atoms with Crippen LogP contribution in [0.25, 0.3) is 6.08 Å². The molecule has 0 aliphatic rings. The van der Waals surface area contributed by atoms with Gasteiger partial charge in [-0.25, -0.2) is 8.42 Å². The topological polar surface area (TPSA) is 63.2 Å². The number of sulfonamides is 1. The van der Waals surface area contributed by atoms with Gasteiger partial charge >= 0.3 is 0 Å². The van der Waals surface area contributed by atoms with Gasteiger partial charge in [-0.15, -0.1) is 11.3 Å². The minimum Gasteiger partial charge on any atom is -0.289 e. The second-order valence-corrected chi connectivity index (χ2v) is 8.37. The quantitative estimate of drug-likeness (QED) is 0.493. The van der Waals surface area contributed by atoms with E-state index in [1.54, 1.807) is 65.9 Å². The molecule has 1 aromatic heterocycles. The van der Waals surface area contributed by atoms with E-state index in [1.807, 2.05) is 24.4 Å². The van der Waals surface area contributed by atoms with Gasteiger partial charge in [-0.05, 0) is 66.9 Å². The van der Waals surface area contributed by atoms with Crippen LogP contribution in [0.1, 0.15) is 20.8 Å². The molecule has 0 saturated carbocycles. The van der Waals surface area contributed by atoms with Gasteiger partial charge in [-0.1, -0.05) is 23.8 Å². The molecular formula is C20H17NO3S2. The number of hydrogen-bond donors (Lipinski definition) is 1. The third-order valence-corrected chi connectivity index (χ3v) is 5.93. The molecule has 0 unspecified atom stereocenters. The number of nitrogens with one attached hydrogen (secondary N) is 1. The molecular weight excluding hydrogens is 366 g/mol. The number of thiophene rings is 1. The average molecular weight is 383 g/mol. The van der Waals surface area contributed by atoms with E-state index >= 15 is 0 Å². The van der Waals surface area contributed by atoms with Gasteiger partial charge in [-0.3, -0.25) is 9.52 Å². The second kappa shape index (κ2) is 7.68. The van der Waals surface area contributed by atoms with Crippen molar-refractivity contribution in [3.63, 3.8) is 0 Å². The Morgan fingerprint density at radius 1 is 1.00 bits per heavy atom. The van der Waals surface area contributed by atoms with E-state index < -0.39 is 10.0 Å². The summed E-state index contributed by atoms with van der Waals surface area (Å²) in [6.07, 6.45) is 3.28. The first kappa shape index (κ1) is 18.1. The summed E-state index contributed by atoms with van der Waals surface area (Å²) in [5.41, 5.74) is 1.89. The zero-order valence-corrected chi connectivity index (χ0v) is 15.7. The minimum absolute atomic E-state index is 0.133. The van der Waals surface area contributed by atoms with Crippen molar-refractivity contribution in [3.05, 3.63) is 88.1 Å². The van der Waals surface area contributed by atoms with Crippen molar-refractivity contribution >= 4 is 38.9 Å². The van der Waals surface area contributed by atoms with Gasteiger partial charge in [0.25, 0.3) is 10.0 Å². The Balaban J connectivity index is 1.71. The maximum Gasteiger partial charge on any atom is 0.261 e. The summed E-state index contributed by atoms with van der Waals surface area (Å²) in [7, 11) is -3.65. The summed E-state index contributed by atoms with van der Waals surface area (Å²) in [5, 5.41) is 1.94. The molecule has 0 amide bonds. The van der Waals surface area contributed by atoms with Crippen LogP contribution in [0.4, 0.5) is 5.69 Å². The van der Waals surface area contributed by atoms with Gasteiger partial charge in [0.1, 0.15) is 0 Å². The van der Waals surface area contributed by atoms with Crippen molar-refractivity contribution in [1.82, 2.24) is 0 Å². The van der Waals surface area contributed by atoms with Gasteiger partial charge in [0.05, 0.1) is 4.90 Å². The number of ketones is 1. The van der Waals surface area contributed by atoms with Gasteiger partial charge in [0, 0.05) is 16.1 Å². The predicted molar refractivity (Wildman–Crippen MR) is 106 cm³/mol. The molecule has 132 valence electrons. The van der Waals surface area contributed by atoms with Crippen LogP contribution in [-0.4, -0.2) is 14.2 Å². The van der Waals surface area contributed by atoms with Crippen LogP contribution in [0.5, 0.6) is 0 Å². The van der Waals surface area contributed by atoms with Crippen LogP contribution in [0, 0.1) is 6.92 Å². The first-order valence-corrected chi connectivity index (χ1v) is 10.3. The van der Waals surface area contributed by atoms with Gasteiger partial charge < -0.3 is 0 Å². The standard InChI is InChI=1S/C20H17NO3S2/c1-15-4-11-19(12-5-15)26(23,24)21-17-8-6-16(7-9-17)20(22)13-10-18-3-2-14-25-18/h2-14,21H,1H3/b13-10+. The Morgan fingerprint density at radius 3 is 2.31 bits per heavy atom. The second-order valence-electron chi connectivity index (χ2n) is 5.71. The van der Waals surface area contributed by atoms with Crippen molar-refractivity contribution in [1.29, 1.82) is 0 Å². The van der Waals surface area contributed by atoms with E-state index in [0.717, 1.165) is 10.4 Å². The highest BCUT2D eigenvalue weighted by molar-refractivity contribution is 7.92. The summed E-state index contributed by atoms with van der Waals surface area (Å²) in [6, 6.07) is 16.8. The number of carbonyl (C=O) groups excluding carboxylic acids is 1. The molecule has 1 heterocycles. The van der Waals surface area contributed by atoms with Crippen molar-refractivity contribution in [2.45, 2.75) is 11.8 Å². The Kier molecular flexibility index (Phi) is 5.35. The predicted octanol–water partition coefficient (Wildman–Crippen LogP) is 4.75. The normalized spacial score (nSPS) is 11.6. The monoisotopic (exact) mass is 383 g/mol. The van der Waals surface area contributed by atoms with Crippen LogP contribution < -0.4 is 4.72 Å². The SMILES string of the molecule is Cc1ccc(S(=O)(=O)Nc2ccc(C(=O)/C=C/c3cccs3)cc2)cc1. The Labute approximate surface area is 156 Å². The summed E-state index contributed by atoms with van der Waals surface area (Å²) >= 11 is 1.55. The average Bonchev–Trinajstić information content (AvgIpc) is 3.14.